The number of Topliss-reactive ketones (excluding diaryl/α,β-unsaturated/α-hetero) is 1. The third kappa shape index (κ3) is 1.57. The number of carbonyl (C=O) groups excluding carboxylic acids is 1. The van der Waals surface area contributed by atoms with Gasteiger partial charge in [0.1, 0.15) is 0 Å². The van der Waals surface area contributed by atoms with Crippen molar-refractivity contribution in [2.45, 2.75) is 12.8 Å². The fourth-order valence-electron chi connectivity index (χ4n) is 1.85. The minimum absolute atomic E-state index is 0.255. The van der Waals surface area contributed by atoms with Gasteiger partial charge in [-0.25, -0.2) is 0 Å². The summed E-state index contributed by atoms with van der Waals surface area (Å²) in [6.45, 7) is 0.946. The molecular weight excluding hydrogens is 242 g/mol. The highest BCUT2D eigenvalue weighted by Gasteiger charge is 2.20. The van der Waals surface area contributed by atoms with Crippen molar-refractivity contribution in [3.05, 3.63) is 28.2 Å². The SMILES string of the molecule is CN1CCCC(=O)c2cccc(Br)c21. The number of anilines is 1. The molecular formula is C11H12BrNO. The van der Waals surface area contributed by atoms with Crippen LogP contribution in [0.4, 0.5) is 5.69 Å². The average Bonchev–Trinajstić information content (AvgIpc) is 2.29. The van der Waals surface area contributed by atoms with Gasteiger partial charge < -0.3 is 4.90 Å². The molecule has 2 rings (SSSR count). The highest BCUT2D eigenvalue weighted by molar-refractivity contribution is 9.10. The van der Waals surface area contributed by atoms with Gasteiger partial charge in [0.15, 0.2) is 5.78 Å². The fraction of sp³-hybridized carbons (Fsp3) is 0.364. The van der Waals surface area contributed by atoms with Gasteiger partial charge in [-0.15, -0.1) is 0 Å². The second-order valence-electron chi connectivity index (χ2n) is 3.58. The summed E-state index contributed by atoms with van der Waals surface area (Å²) in [5.74, 6) is 0.255. The Balaban J connectivity index is 2.59. The highest BCUT2D eigenvalue weighted by atomic mass is 79.9. The summed E-state index contributed by atoms with van der Waals surface area (Å²) in [4.78, 5) is 13.9. The van der Waals surface area contributed by atoms with E-state index >= 15 is 0 Å². The van der Waals surface area contributed by atoms with Crippen LogP contribution in [0.25, 0.3) is 0 Å². The first-order chi connectivity index (χ1) is 6.70. The van der Waals surface area contributed by atoms with Crippen LogP contribution < -0.4 is 4.90 Å². The third-order valence-electron chi connectivity index (χ3n) is 2.57. The summed E-state index contributed by atoms with van der Waals surface area (Å²) >= 11 is 3.49. The van der Waals surface area contributed by atoms with Crippen LogP contribution in [-0.4, -0.2) is 19.4 Å². The van der Waals surface area contributed by atoms with Gasteiger partial charge in [-0.1, -0.05) is 6.07 Å². The number of benzene rings is 1. The highest BCUT2D eigenvalue weighted by Crippen LogP contribution is 2.32. The molecule has 0 N–H and O–H groups in total. The van der Waals surface area contributed by atoms with Gasteiger partial charge in [-0.2, -0.15) is 0 Å². The lowest BCUT2D eigenvalue weighted by atomic mass is 10.1. The minimum Gasteiger partial charge on any atom is -0.373 e. The molecule has 1 heterocycles. The zero-order chi connectivity index (χ0) is 10.1. The first-order valence-corrected chi connectivity index (χ1v) is 5.52. The van der Waals surface area contributed by atoms with Crippen LogP contribution >= 0.6 is 15.9 Å². The Bertz CT molecular complexity index is 376. The Kier molecular flexibility index (Phi) is 2.59. The van der Waals surface area contributed by atoms with Crippen LogP contribution in [0.5, 0.6) is 0 Å². The van der Waals surface area contributed by atoms with Gasteiger partial charge in [-0.05, 0) is 34.5 Å². The van der Waals surface area contributed by atoms with E-state index in [0.29, 0.717) is 6.42 Å². The molecule has 0 bridgehead atoms. The van der Waals surface area contributed by atoms with Crippen molar-refractivity contribution >= 4 is 27.4 Å². The smallest absolute Gasteiger partial charge is 0.165 e. The molecule has 0 amide bonds. The van der Waals surface area contributed by atoms with E-state index in [4.69, 9.17) is 0 Å². The number of nitrogens with zero attached hydrogens (tertiary/aromatic N) is 1. The molecule has 0 spiro atoms. The Morgan fingerprint density at radius 2 is 2.21 bits per heavy atom. The average molecular weight is 254 g/mol. The molecule has 0 aliphatic carbocycles. The Morgan fingerprint density at radius 1 is 1.43 bits per heavy atom. The van der Waals surface area contributed by atoms with Gasteiger partial charge in [0.2, 0.25) is 0 Å². The Hall–Kier alpha value is -0.830. The van der Waals surface area contributed by atoms with E-state index in [1.165, 1.54) is 0 Å². The first kappa shape index (κ1) is 9.71. The quantitative estimate of drug-likeness (QED) is 0.709. The van der Waals surface area contributed by atoms with E-state index in [-0.39, 0.29) is 5.78 Å². The van der Waals surface area contributed by atoms with Crippen LogP contribution in [0.1, 0.15) is 23.2 Å². The van der Waals surface area contributed by atoms with Crippen molar-refractivity contribution < 1.29 is 4.79 Å². The largest absolute Gasteiger partial charge is 0.373 e. The number of para-hydroxylation sites is 1. The predicted octanol–water partition coefficient (Wildman–Crippen LogP) is 2.86. The van der Waals surface area contributed by atoms with Crippen molar-refractivity contribution in [1.82, 2.24) is 0 Å². The summed E-state index contributed by atoms with van der Waals surface area (Å²) in [6.07, 6.45) is 1.60. The van der Waals surface area contributed by atoms with Gasteiger partial charge in [-0.3, -0.25) is 4.79 Å². The fourth-order valence-corrected chi connectivity index (χ4v) is 2.52. The number of hydrogen-bond donors (Lipinski definition) is 0. The van der Waals surface area contributed by atoms with Crippen LogP contribution in [0.15, 0.2) is 22.7 Å². The summed E-state index contributed by atoms with van der Waals surface area (Å²) in [7, 11) is 2.03. The maximum absolute atomic E-state index is 11.8. The van der Waals surface area contributed by atoms with E-state index in [0.717, 1.165) is 28.7 Å². The molecule has 1 aliphatic rings. The zero-order valence-electron chi connectivity index (χ0n) is 8.09. The van der Waals surface area contributed by atoms with Crippen LogP contribution in [0, 0.1) is 0 Å². The standard InChI is InChI=1S/C11H12BrNO/c1-13-7-3-6-10(14)8-4-2-5-9(12)11(8)13/h2,4-5H,3,6-7H2,1H3. The van der Waals surface area contributed by atoms with Crippen LogP contribution in [0.3, 0.4) is 0 Å². The van der Waals surface area contributed by atoms with Crippen LogP contribution in [0.2, 0.25) is 0 Å². The summed E-state index contributed by atoms with van der Waals surface area (Å²) in [6, 6.07) is 5.80. The second-order valence-corrected chi connectivity index (χ2v) is 4.44. The van der Waals surface area contributed by atoms with E-state index < -0.39 is 0 Å². The lowest BCUT2D eigenvalue weighted by molar-refractivity contribution is 0.0984. The van der Waals surface area contributed by atoms with E-state index in [2.05, 4.69) is 20.8 Å². The lowest BCUT2D eigenvalue weighted by Crippen LogP contribution is -2.18. The molecule has 1 aromatic rings. The van der Waals surface area contributed by atoms with E-state index in [9.17, 15) is 4.79 Å². The number of hydrogen-bond acceptors (Lipinski definition) is 2. The molecule has 0 radical (unpaired) electrons. The normalized spacial score (nSPS) is 16.4. The number of rotatable bonds is 0. The molecule has 0 aromatic heterocycles. The molecule has 3 heteroatoms. The minimum atomic E-state index is 0.255. The number of ketones is 1. The van der Waals surface area contributed by atoms with Gasteiger partial charge in [0.05, 0.1) is 5.69 Å². The van der Waals surface area contributed by atoms with Crippen molar-refractivity contribution in [3.8, 4) is 0 Å². The van der Waals surface area contributed by atoms with Crippen LogP contribution in [-0.2, 0) is 0 Å². The molecule has 0 atom stereocenters. The molecule has 0 saturated carbocycles. The van der Waals surface area contributed by atoms with Crippen molar-refractivity contribution in [2.75, 3.05) is 18.5 Å². The number of fused-ring (bicyclic) bond motifs is 1. The van der Waals surface area contributed by atoms with Crippen molar-refractivity contribution in [2.24, 2.45) is 0 Å². The predicted molar refractivity (Wildman–Crippen MR) is 61.0 cm³/mol. The Labute approximate surface area is 92.0 Å². The molecule has 74 valence electrons. The molecule has 0 fully saturated rings. The van der Waals surface area contributed by atoms with E-state index in [1.54, 1.807) is 0 Å². The van der Waals surface area contributed by atoms with Crippen molar-refractivity contribution in [3.63, 3.8) is 0 Å². The summed E-state index contributed by atoms with van der Waals surface area (Å²) < 4.78 is 1.01. The second kappa shape index (κ2) is 3.73. The molecule has 0 saturated heterocycles. The first-order valence-electron chi connectivity index (χ1n) is 4.73. The van der Waals surface area contributed by atoms with Gasteiger partial charge >= 0.3 is 0 Å². The van der Waals surface area contributed by atoms with Crippen molar-refractivity contribution in [1.29, 1.82) is 0 Å². The lowest BCUT2D eigenvalue weighted by Gasteiger charge is -2.19. The molecule has 0 unspecified atom stereocenters. The molecule has 2 nitrogen and oxygen atoms in total. The van der Waals surface area contributed by atoms with Gasteiger partial charge in [0, 0.05) is 30.0 Å². The van der Waals surface area contributed by atoms with E-state index in [1.807, 2.05) is 25.2 Å². The molecule has 1 aromatic carbocycles. The third-order valence-corrected chi connectivity index (χ3v) is 3.21. The Morgan fingerprint density at radius 3 is 3.00 bits per heavy atom. The summed E-state index contributed by atoms with van der Waals surface area (Å²) in [5.41, 5.74) is 1.88. The zero-order valence-corrected chi connectivity index (χ0v) is 9.67. The topological polar surface area (TPSA) is 20.3 Å². The number of halogens is 1. The number of carbonyl (C=O) groups is 1. The molecule has 1 aliphatic heterocycles. The maximum Gasteiger partial charge on any atom is 0.165 e. The summed E-state index contributed by atoms with van der Waals surface area (Å²) in [5, 5.41) is 0. The van der Waals surface area contributed by atoms with Gasteiger partial charge in [0.25, 0.3) is 0 Å². The monoisotopic (exact) mass is 253 g/mol. The maximum atomic E-state index is 11.8. The molecule has 14 heavy (non-hydrogen) atoms.